The molecule has 0 heterocycles. The molecule has 3 aromatic rings. The second kappa shape index (κ2) is 6.63. The SMILES string of the molecule is COc1ccc(Nc2ccc(N)cc2)cc1-c1cccc(Cl)c1. The van der Waals surface area contributed by atoms with E-state index in [1.807, 2.05) is 66.7 Å². The van der Waals surface area contributed by atoms with Crippen molar-refractivity contribution in [3.8, 4) is 16.9 Å². The average Bonchev–Trinajstić information content (AvgIpc) is 2.57. The van der Waals surface area contributed by atoms with Gasteiger partial charge in [-0.1, -0.05) is 23.7 Å². The highest BCUT2D eigenvalue weighted by atomic mass is 35.5. The number of methoxy groups -OCH3 is 1. The zero-order valence-electron chi connectivity index (χ0n) is 12.7. The fourth-order valence-corrected chi connectivity index (χ4v) is 2.59. The molecule has 3 rings (SSSR count). The molecule has 0 saturated heterocycles. The minimum atomic E-state index is 0.696. The highest BCUT2D eigenvalue weighted by Gasteiger charge is 2.08. The molecule has 0 saturated carbocycles. The fourth-order valence-electron chi connectivity index (χ4n) is 2.40. The van der Waals surface area contributed by atoms with Crippen LogP contribution in [0.2, 0.25) is 5.02 Å². The summed E-state index contributed by atoms with van der Waals surface area (Å²) in [7, 11) is 1.66. The maximum absolute atomic E-state index is 6.11. The van der Waals surface area contributed by atoms with Gasteiger partial charge in [-0.3, -0.25) is 0 Å². The van der Waals surface area contributed by atoms with Gasteiger partial charge in [0.25, 0.3) is 0 Å². The third-order valence-electron chi connectivity index (χ3n) is 3.53. The van der Waals surface area contributed by atoms with E-state index in [-0.39, 0.29) is 0 Å². The van der Waals surface area contributed by atoms with E-state index in [4.69, 9.17) is 22.1 Å². The molecule has 3 N–H and O–H groups in total. The van der Waals surface area contributed by atoms with Crippen molar-refractivity contribution in [2.24, 2.45) is 0 Å². The van der Waals surface area contributed by atoms with Crippen molar-refractivity contribution >= 4 is 28.7 Å². The van der Waals surface area contributed by atoms with E-state index < -0.39 is 0 Å². The summed E-state index contributed by atoms with van der Waals surface area (Å²) in [4.78, 5) is 0. The van der Waals surface area contributed by atoms with Crippen LogP contribution in [0.25, 0.3) is 11.1 Å². The average molecular weight is 325 g/mol. The quantitative estimate of drug-likeness (QED) is 0.637. The van der Waals surface area contributed by atoms with E-state index in [0.29, 0.717) is 5.02 Å². The largest absolute Gasteiger partial charge is 0.496 e. The third kappa shape index (κ3) is 3.58. The topological polar surface area (TPSA) is 47.3 Å². The van der Waals surface area contributed by atoms with Crippen LogP contribution in [0.3, 0.4) is 0 Å². The first-order valence-corrected chi connectivity index (χ1v) is 7.60. The van der Waals surface area contributed by atoms with Crippen LogP contribution in [0.5, 0.6) is 5.75 Å². The van der Waals surface area contributed by atoms with Gasteiger partial charge in [0.15, 0.2) is 0 Å². The zero-order chi connectivity index (χ0) is 16.2. The Morgan fingerprint density at radius 3 is 2.35 bits per heavy atom. The molecule has 23 heavy (non-hydrogen) atoms. The van der Waals surface area contributed by atoms with Crippen LogP contribution >= 0.6 is 11.6 Å². The van der Waals surface area contributed by atoms with Gasteiger partial charge in [-0.05, 0) is 60.2 Å². The van der Waals surface area contributed by atoms with Crippen LogP contribution in [-0.4, -0.2) is 7.11 Å². The Morgan fingerprint density at radius 1 is 0.913 bits per heavy atom. The van der Waals surface area contributed by atoms with Crippen LogP contribution in [0.1, 0.15) is 0 Å². The van der Waals surface area contributed by atoms with Gasteiger partial charge in [0.1, 0.15) is 5.75 Å². The summed E-state index contributed by atoms with van der Waals surface area (Å²) in [6.45, 7) is 0. The van der Waals surface area contributed by atoms with Gasteiger partial charge < -0.3 is 15.8 Å². The monoisotopic (exact) mass is 324 g/mol. The molecule has 0 fully saturated rings. The second-order valence-electron chi connectivity index (χ2n) is 5.17. The lowest BCUT2D eigenvalue weighted by atomic mass is 10.0. The number of anilines is 3. The number of nitrogen functional groups attached to an aromatic ring is 1. The molecule has 0 amide bonds. The number of benzene rings is 3. The van der Waals surface area contributed by atoms with E-state index in [1.165, 1.54) is 0 Å². The molecule has 0 atom stereocenters. The van der Waals surface area contributed by atoms with Gasteiger partial charge in [0, 0.05) is 27.6 Å². The summed E-state index contributed by atoms with van der Waals surface area (Å²) in [5.74, 6) is 0.801. The van der Waals surface area contributed by atoms with Crippen molar-refractivity contribution in [1.29, 1.82) is 0 Å². The van der Waals surface area contributed by atoms with Gasteiger partial charge in [0.05, 0.1) is 7.11 Å². The van der Waals surface area contributed by atoms with E-state index in [2.05, 4.69) is 5.32 Å². The Labute approximate surface area is 140 Å². The van der Waals surface area contributed by atoms with Crippen molar-refractivity contribution in [1.82, 2.24) is 0 Å². The lowest BCUT2D eigenvalue weighted by Gasteiger charge is -2.13. The number of nitrogens with one attached hydrogen (secondary N) is 1. The molecule has 0 aliphatic rings. The highest BCUT2D eigenvalue weighted by Crippen LogP contribution is 2.34. The number of nitrogens with two attached hydrogens (primary N) is 1. The Bertz CT molecular complexity index is 816. The molecule has 3 aromatic carbocycles. The predicted molar refractivity (Wildman–Crippen MR) is 97.6 cm³/mol. The molecule has 0 aliphatic heterocycles. The van der Waals surface area contributed by atoms with Gasteiger partial charge in [-0.25, -0.2) is 0 Å². The molecule has 3 nitrogen and oxygen atoms in total. The molecule has 116 valence electrons. The van der Waals surface area contributed by atoms with E-state index >= 15 is 0 Å². The molecule has 0 unspecified atom stereocenters. The minimum absolute atomic E-state index is 0.696. The maximum atomic E-state index is 6.11. The predicted octanol–water partition coefficient (Wildman–Crippen LogP) is 5.34. The molecule has 0 aliphatic carbocycles. The van der Waals surface area contributed by atoms with Crippen LogP contribution in [0.4, 0.5) is 17.1 Å². The lowest BCUT2D eigenvalue weighted by Crippen LogP contribution is -1.94. The lowest BCUT2D eigenvalue weighted by molar-refractivity contribution is 0.416. The maximum Gasteiger partial charge on any atom is 0.126 e. The zero-order valence-corrected chi connectivity index (χ0v) is 13.5. The number of ether oxygens (including phenoxy) is 1. The Balaban J connectivity index is 1.97. The molecular weight excluding hydrogens is 308 g/mol. The first kappa shape index (κ1) is 15.3. The standard InChI is InChI=1S/C19H17ClN2O/c1-23-19-10-9-17(22-16-7-5-15(21)6-8-16)12-18(19)13-3-2-4-14(20)11-13/h2-12,22H,21H2,1H3. The fraction of sp³-hybridized carbons (Fsp3) is 0.0526. The summed E-state index contributed by atoms with van der Waals surface area (Å²) < 4.78 is 5.47. The molecule has 4 heteroatoms. The smallest absolute Gasteiger partial charge is 0.126 e. The Morgan fingerprint density at radius 2 is 1.65 bits per heavy atom. The molecule has 0 spiro atoms. The minimum Gasteiger partial charge on any atom is -0.496 e. The van der Waals surface area contributed by atoms with Crippen LogP contribution in [0.15, 0.2) is 66.7 Å². The first-order valence-electron chi connectivity index (χ1n) is 7.22. The number of hydrogen-bond donors (Lipinski definition) is 2. The van der Waals surface area contributed by atoms with Crippen molar-refractivity contribution in [2.75, 3.05) is 18.2 Å². The van der Waals surface area contributed by atoms with Gasteiger partial charge in [-0.2, -0.15) is 0 Å². The molecule has 0 aromatic heterocycles. The van der Waals surface area contributed by atoms with Crippen molar-refractivity contribution in [3.63, 3.8) is 0 Å². The Hall–Kier alpha value is -2.65. The summed E-state index contributed by atoms with van der Waals surface area (Å²) in [5.41, 5.74) is 10.4. The van der Waals surface area contributed by atoms with Crippen LogP contribution in [-0.2, 0) is 0 Å². The van der Waals surface area contributed by atoms with E-state index in [9.17, 15) is 0 Å². The second-order valence-corrected chi connectivity index (χ2v) is 5.61. The first-order chi connectivity index (χ1) is 11.2. The van der Waals surface area contributed by atoms with E-state index in [1.54, 1.807) is 7.11 Å². The van der Waals surface area contributed by atoms with Crippen LogP contribution in [0, 0.1) is 0 Å². The van der Waals surface area contributed by atoms with Gasteiger partial charge >= 0.3 is 0 Å². The summed E-state index contributed by atoms with van der Waals surface area (Å²) in [6.07, 6.45) is 0. The summed E-state index contributed by atoms with van der Waals surface area (Å²) >= 11 is 6.11. The van der Waals surface area contributed by atoms with Crippen molar-refractivity contribution < 1.29 is 4.74 Å². The van der Waals surface area contributed by atoms with E-state index in [0.717, 1.165) is 33.9 Å². The van der Waals surface area contributed by atoms with Gasteiger partial charge in [-0.15, -0.1) is 0 Å². The number of hydrogen-bond acceptors (Lipinski definition) is 3. The van der Waals surface area contributed by atoms with Crippen molar-refractivity contribution in [2.45, 2.75) is 0 Å². The molecule has 0 radical (unpaired) electrons. The third-order valence-corrected chi connectivity index (χ3v) is 3.77. The van der Waals surface area contributed by atoms with Gasteiger partial charge in [0.2, 0.25) is 0 Å². The summed E-state index contributed by atoms with van der Waals surface area (Å²) in [6, 6.07) is 21.3. The number of halogens is 1. The molecule has 0 bridgehead atoms. The van der Waals surface area contributed by atoms with Crippen molar-refractivity contribution in [3.05, 3.63) is 71.8 Å². The molecular formula is C19H17ClN2O. The highest BCUT2D eigenvalue weighted by molar-refractivity contribution is 6.30. The van der Waals surface area contributed by atoms with Crippen LogP contribution < -0.4 is 15.8 Å². The number of rotatable bonds is 4. The summed E-state index contributed by atoms with van der Waals surface area (Å²) in [5, 5.41) is 4.06. The normalized spacial score (nSPS) is 10.3. The Kier molecular flexibility index (Phi) is 4.40.